The van der Waals surface area contributed by atoms with Gasteiger partial charge in [-0.15, -0.1) is 11.3 Å². The lowest BCUT2D eigenvalue weighted by atomic mass is 10.1. The molecule has 0 unspecified atom stereocenters. The van der Waals surface area contributed by atoms with E-state index in [1.807, 2.05) is 11.3 Å². The molecule has 6 rings (SSSR count). The highest BCUT2D eigenvalue weighted by atomic mass is 32.1. The molecule has 4 heteroatoms. The maximum Gasteiger partial charge on any atom is 0.150 e. The van der Waals surface area contributed by atoms with Gasteiger partial charge in [0.25, 0.3) is 0 Å². The van der Waals surface area contributed by atoms with Crippen molar-refractivity contribution in [1.29, 1.82) is 0 Å². The van der Waals surface area contributed by atoms with E-state index in [2.05, 4.69) is 159 Å². The Bertz CT molecular complexity index is 1600. The Kier molecular flexibility index (Phi) is 8.22. The molecular formula is C36H30OP2S. The van der Waals surface area contributed by atoms with E-state index in [0.717, 1.165) is 11.3 Å². The van der Waals surface area contributed by atoms with Crippen LogP contribution in [0.25, 0.3) is 11.1 Å². The fourth-order valence-corrected chi connectivity index (χ4v) is 10.8. The van der Waals surface area contributed by atoms with Crippen molar-refractivity contribution in [2.75, 3.05) is 0 Å². The maximum absolute atomic E-state index is 7.06. The predicted octanol–water partition coefficient (Wildman–Crippen LogP) is 8.22. The van der Waals surface area contributed by atoms with Crippen molar-refractivity contribution in [2.24, 2.45) is 0 Å². The molecule has 0 atom stereocenters. The molecule has 0 saturated heterocycles. The molecule has 1 aromatic heterocycles. The number of rotatable bonds is 8. The fourth-order valence-electron chi connectivity index (χ4n) is 5.05. The molecule has 0 bridgehead atoms. The summed E-state index contributed by atoms with van der Waals surface area (Å²) >= 11 is 1.89. The van der Waals surface area contributed by atoms with Gasteiger partial charge in [-0.2, -0.15) is 0 Å². The van der Waals surface area contributed by atoms with Crippen LogP contribution >= 0.6 is 27.4 Å². The van der Waals surface area contributed by atoms with E-state index in [0.29, 0.717) is 0 Å². The third-order valence-corrected chi connectivity index (χ3v) is 12.5. The Morgan fingerprint density at radius 3 is 1.40 bits per heavy atom. The standard InChI is InChI=1S/C36H30OP2S/c1-27-35(36(28(2)40-27)38(29-17-7-3-8-18-29)30-19-9-4-10-20-30)33-25-15-16-26-34(33)37-39(31-21-11-5-12-22-31)32-23-13-6-14-24-32/h3-26H,1-2H3. The minimum Gasteiger partial charge on any atom is -0.464 e. The maximum atomic E-state index is 7.06. The van der Waals surface area contributed by atoms with Gasteiger partial charge in [0.2, 0.25) is 0 Å². The van der Waals surface area contributed by atoms with Crippen LogP contribution in [-0.4, -0.2) is 0 Å². The lowest BCUT2D eigenvalue weighted by Gasteiger charge is -2.24. The molecule has 0 aliphatic heterocycles. The third kappa shape index (κ3) is 5.54. The molecular weight excluding hydrogens is 542 g/mol. The molecule has 1 nitrogen and oxygen atoms in total. The van der Waals surface area contributed by atoms with Gasteiger partial charge in [0.05, 0.1) is 0 Å². The van der Waals surface area contributed by atoms with E-state index in [1.165, 1.54) is 41.8 Å². The Hall–Kier alpha value is -3.54. The van der Waals surface area contributed by atoms with Crippen LogP contribution in [0.3, 0.4) is 0 Å². The molecule has 0 radical (unpaired) electrons. The second-order valence-corrected chi connectivity index (χ2v) is 14.9. The van der Waals surface area contributed by atoms with Crippen molar-refractivity contribution >= 4 is 53.9 Å². The molecule has 0 aliphatic carbocycles. The van der Waals surface area contributed by atoms with Gasteiger partial charge in [0.15, 0.2) is 8.15 Å². The highest BCUT2D eigenvalue weighted by molar-refractivity contribution is 7.80. The van der Waals surface area contributed by atoms with Crippen molar-refractivity contribution in [3.8, 4) is 16.9 Å². The van der Waals surface area contributed by atoms with E-state index in [4.69, 9.17) is 4.52 Å². The van der Waals surface area contributed by atoms with Crippen LogP contribution < -0.4 is 31.0 Å². The average Bonchev–Trinajstić information content (AvgIpc) is 3.30. The zero-order chi connectivity index (χ0) is 27.3. The topological polar surface area (TPSA) is 9.23 Å². The summed E-state index contributed by atoms with van der Waals surface area (Å²) in [5, 5.41) is 6.55. The highest BCUT2D eigenvalue weighted by Crippen LogP contribution is 2.47. The van der Waals surface area contributed by atoms with Gasteiger partial charge in [-0.1, -0.05) is 140 Å². The number of aryl methyl sites for hydroxylation is 2. The Morgan fingerprint density at radius 1 is 0.475 bits per heavy atom. The number of para-hydroxylation sites is 1. The monoisotopic (exact) mass is 572 g/mol. The summed E-state index contributed by atoms with van der Waals surface area (Å²) < 4.78 is 7.06. The third-order valence-electron chi connectivity index (χ3n) is 6.81. The van der Waals surface area contributed by atoms with Gasteiger partial charge < -0.3 is 4.52 Å². The number of benzene rings is 5. The van der Waals surface area contributed by atoms with Crippen LogP contribution in [0, 0.1) is 13.8 Å². The van der Waals surface area contributed by atoms with Crippen LogP contribution in [0.4, 0.5) is 0 Å². The van der Waals surface area contributed by atoms with Gasteiger partial charge in [-0.05, 0) is 38.4 Å². The summed E-state index contributed by atoms with van der Waals surface area (Å²) in [6.07, 6.45) is 0. The zero-order valence-corrected chi connectivity index (χ0v) is 25.2. The number of hydrogen-bond acceptors (Lipinski definition) is 2. The van der Waals surface area contributed by atoms with Crippen LogP contribution in [0.1, 0.15) is 9.75 Å². The van der Waals surface area contributed by atoms with E-state index >= 15 is 0 Å². The normalized spacial score (nSPS) is 11.2. The molecule has 0 saturated carbocycles. The Balaban J connectivity index is 1.52. The smallest absolute Gasteiger partial charge is 0.150 e. The van der Waals surface area contributed by atoms with Crippen molar-refractivity contribution in [2.45, 2.75) is 13.8 Å². The van der Waals surface area contributed by atoms with Crippen molar-refractivity contribution in [1.82, 2.24) is 0 Å². The molecule has 0 amide bonds. The molecule has 40 heavy (non-hydrogen) atoms. The summed E-state index contributed by atoms with van der Waals surface area (Å²) in [4.78, 5) is 2.70. The van der Waals surface area contributed by atoms with Crippen LogP contribution in [0.5, 0.6) is 5.75 Å². The fraction of sp³-hybridized carbons (Fsp3) is 0.0556. The molecule has 5 aromatic carbocycles. The summed E-state index contributed by atoms with van der Waals surface area (Å²) in [6.45, 7) is 4.54. The summed E-state index contributed by atoms with van der Waals surface area (Å²) in [5.74, 6) is 0.930. The first-order chi connectivity index (χ1) is 19.7. The van der Waals surface area contributed by atoms with Gasteiger partial charge in [0, 0.05) is 36.8 Å². The highest BCUT2D eigenvalue weighted by Gasteiger charge is 2.28. The van der Waals surface area contributed by atoms with Crippen LogP contribution in [0.15, 0.2) is 146 Å². The Morgan fingerprint density at radius 2 is 0.900 bits per heavy atom. The van der Waals surface area contributed by atoms with Crippen LogP contribution in [0.2, 0.25) is 0 Å². The van der Waals surface area contributed by atoms with Gasteiger partial charge in [-0.3, -0.25) is 0 Å². The zero-order valence-electron chi connectivity index (χ0n) is 22.6. The lowest BCUT2D eigenvalue weighted by Crippen LogP contribution is -2.22. The minimum absolute atomic E-state index is 0.751. The molecule has 196 valence electrons. The van der Waals surface area contributed by atoms with Gasteiger partial charge in [-0.25, -0.2) is 0 Å². The lowest BCUT2D eigenvalue weighted by molar-refractivity contribution is 0.632. The molecule has 6 aromatic rings. The van der Waals surface area contributed by atoms with Gasteiger partial charge in [0.1, 0.15) is 5.75 Å². The quantitative estimate of drug-likeness (QED) is 0.167. The number of hydrogen-bond donors (Lipinski definition) is 0. The molecule has 1 heterocycles. The van der Waals surface area contributed by atoms with E-state index < -0.39 is 16.1 Å². The first-order valence-electron chi connectivity index (χ1n) is 13.4. The first-order valence-corrected chi connectivity index (χ1v) is 16.8. The first kappa shape index (κ1) is 26.7. The van der Waals surface area contributed by atoms with Crippen molar-refractivity contribution in [3.05, 3.63) is 155 Å². The molecule has 0 aliphatic rings. The van der Waals surface area contributed by atoms with E-state index in [9.17, 15) is 0 Å². The summed E-state index contributed by atoms with van der Waals surface area (Å²) in [5.41, 5.74) is 2.48. The van der Waals surface area contributed by atoms with Crippen molar-refractivity contribution in [3.63, 3.8) is 0 Å². The van der Waals surface area contributed by atoms with Gasteiger partial charge >= 0.3 is 0 Å². The summed E-state index contributed by atoms with van der Waals surface area (Å²) in [6, 6.07) is 51.8. The van der Waals surface area contributed by atoms with Crippen LogP contribution in [-0.2, 0) is 0 Å². The van der Waals surface area contributed by atoms with E-state index in [1.54, 1.807) is 0 Å². The predicted molar refractivity (Wildman–Crippen MR) is 178 cm³/mol. The summed E-state index contributed by atoms with van der Waals surface area (Å²) in [7, 11) is -1.79. The Labute approximate surface area is 243 Å². The minimum atomic E-state index is -1.04. The second-order valence-electron chi connectivity index (χ2n) is 9.50. The molecule has 0 spiro atoms. The SMILES string of the molecule is Cc1sc(C)c(P(c2ccccc2)c2ccccc2)c1-c1ccccc1OP(c1ccccc1)c1ccccc1. The average molecular weight is 573 g/mol. The molecule has 0 N–H and O–H groups in total. The second kappa shape index (κ2) is 12.3. The number of thiophene rings is 1. The molecule has 0 fully saturated rings. The van der Waals surface area contributed by atoms with Crippen molar-refractivity contribution < 1.29 is 4.52 Å². The van der Waals surface area contributed by atoms with E-state index in [-0.39, 0.29) is 0 Å². The largest absolute Gasteiger partial charge is 0.464 e.